The summed E-state index contributed by atoms with van der Waals surface area (Å²) in [6.07, 6.45) is 2.81. The third-order valence-corrected chi connectivity index (χ3v) is 5.48. The number of hydrogen-bond acceptors (Lipinski definition) is 8. The number of hydrogen-bond donors (Lipinski definition) is 4. The molecule has 3 heterocycles. The molecule has 1 aromatic carbocycles. The van der Waals surface area contributed by atoms with Crippen molar-refractivity contribution in [2.24, 2.45) is 0 Å². The summed E-state index contributed by atoms with van der Waals surface area (Å²) in [6.45, 7) is 6.06. The Hall–Kier alpha value is -3.56. The van der Waals surface area contributed by atoms with Crippen LogP contribution in [0.3, 0.4) is 0 Å². The molecule has 3 aromatic heterocycles. The Kier molecular flexibility index (Phi) is 6.81. The molecule has 4 N–H and O–H groups in total. The summed E-state index contributed by atoms with van der Waals surface area (Å²) in [6, 6.07) is 13.5. The standard InChI is InChI=1S/C24H29N7O2/c1-15(2)19-13-27-31-22(19)29-23(28-21(14-32)16(3)33)30-24(31)26-12-17-7-9-18(10-8-17)20-6-4-5-11-25-20/h4-11,13,15-16,21,32-33H,12,14H2,1-3H3,(H2,26,28,29,30). The third kappa shape index (κ3) is 5.10. The number of anilines is 2. The molecule has 4 rings (SSSR count). The fourth-order valence-corrected chi connectivity index (χ4v) is 3.47. The minimum absolute atomic E-state index is 0.225. The molecule has 0 aliphatic rings. The van der Waals surface area contributed by atoms with E-state index in [9.17, 15) is 10.2 Å². The van der Waals surface area contributed by atoms with Crippen molar-refractivity contribution in [3.05, 3.63) is 66.0 Å². The monoisotopic (exact) mass is 447 g/mol. The maximum absolute atomic E-state index is 9.90. The minimum Gasteiger partial charge on any atom is -0.394 e. The Labute approximate surface area is 192 Å². The molecule has 0 aliphatic heterocycles. The fourth-order valence-electron chi connectivity index (χ4n) is 3.47. The molecule has 0 radical (unpaired) electrons. The maximum atomic E-state index is 9.90. The smallest absolute Gasteiger partial charge is 0.229 e. The number of nitrogens with zero attached hydrogens (tertiary/aromatic N) is 5. The van der Waals surface area contributed by atoms with Crippen LogP contribution in [0.2, 0.25) is 0 Å². The van der Waals surface area contributed by atoms with Crippen molar-refractivity contribution < 1.29 is 10.2 Å². The lowest BCUT2D eigenvalue weighted by molar-refractivity contribution is 0.132. The van der Waals surface area contributed by atoms with Gasteiger partial charge in [-0.05, 0) is 30.5 Å². The first kappa shape index (κ1) is 22.6. The van der Waals surface area contributed by atoms with E-state index < -0.39 is 12.1 Å². The molecule has 0 saturated carbocycles. The van der Waals surface area contributed by atoms with E-state index in [4.69, 9.17) is 0 Å². The molecule has 9 nitrogen and oxygen atoms in total. The Balaban J connectivity index is 1.59. The van der Waals surface area contributed by atoms with Crippen molar-refractivity contribution in [1.29, 1.82) is 0 Å². The number of aromatic nitrogens is 5. The lowest BCUT2D eigenvalue weighted by Crippen LogP contribution is -2.35. The molecule has 172 valence electrons. The fraction of sp³-hybridized carbons (Fsp3) is 0.333. The Morgan fingerprint density at radius 2 is 1.82 bits per heavy atom. The van der Waals surface area contributed by atoms with Crippen LogP contribution < -0.4 is 10.6 Å². The Morgan fingerprint density at radius 1 is 1.03 bits per heavy atom. The minimum atomic E-state index is -0.765. The highest BCUT2D eigenvalue weighted by Gasteiger charge is 2.19. The molecule has 2 unspecified atom stereocenters. The van der Waals surface area contributed by atoms with E-state index in [0.717, 1.165) is 22.4 Å². The zero-order valence-electron chi connectivity index (χ0n) is 19.0. The van der Waals surface area contributed by atoms with Crippen LogP contribution in [-0.2, 0) is 6.54 Å². The van der Waals surface area contributed by atoms with Gasteiger partial charge < -0.3 is 20.8 Å². The average molecular weight is 448 g/mol. The van der Waals surface area contributed by atoms with Gasteiger partial charge in [0, 0.05) is 23.9 Å². The van der Waals surface area contributed by atoms with Crippen LogP contribution in [0.1, 0.15) is 37.8 Å². The van der Waals surface area contributed by atoms with Crippen molar-refractivity contribution in [3.8, 4) is 11.3 Å². The van der Waals surface area contributed by atoms with Gasteiger partial charge in [-0.3, -0.25) is 4.98 Å². The highest BCUT2D eigenvalue weighted by atomic mass is 16.3. The van der Waals surface area contributed by atoms with E-state index in [2.05, 4.69) is 44.5 Å². The first-order valence-electron chi connectivity index (χ1n) is 11.0. The van der Waals surface area contributed by atoms with Crippen molar-refractivity contribution in [3.63, 3.8) is 0 Å². The lowest BCUT2D eigenvalue weighted by atomic mass is 10.1. The predicted molar refractivity (Wildman–Crippen MR) is 128 cm³/mol. The zero-order valence-corrected chi connectivity index (χ0v) is 19.0. The Morgan fingerprint density at radius 3 is 2.45 bits per heavy atom. The average Bonchev–Trinajstić information content (AvgIpc) is 3.26. The van der Waals surface area contributed by atoms with Gasteiger partial charge in [-0.15, -0.1) is 0 Å². The number of benzene rings is 1. The second-order valence-corrected chi connectivity index (χ2v) is 8.30. The van der Waals surface area contributed by atoms with Gasteiger partial charge in [0.25, 0.3) is 0 Å². The summed E-state index contributed by atoms with van der Waals surface area (Å²) >= 11 is 0. The zero-order chi connectivity index (χ0) is 23.4. The number of aliphatic hydroxyl groups excluding tert-OH is 2. The van der Waals surface area contributed by atoms with E-state index in [1.54, 1.807) is 23.8 Å². The molecule has 2 atom stereocenters. The van der Waals surface area contributed by atoms with Crippen LogP contribution in [0, 0.1) is 0 Å². The van der Waals surface area contributed by atoms with Gasteiger partial charge in [-0.1, -0.05) is 44.2 Å². The van der Waals surface area contributed by atoms with Gasteiger partial charge in [-0.2, -0.15) is 19.6 Å². The van der Waals surface area contributed by atoms with Crippen molar-refractivity contribution in [1.82, 2.24) is 24.6 Å². The summed E-state index contributed by atoms with van der Waals surface area (Å²) in [5.41, 5.74) is 4.72. The molecule has 33 heavy (non-hydrogen) atoms. The topological polar surface area (TPSA) is 120 Å². The molecule has 0 spiro atoms. The van der Waals surface area contributed by atoms with Crippen LogP contribution in [0.25, 0.3) is 16.9 Å². The molecule has 0 bridgehead atoms. The first-order chi connectivity index (χ1) is 16.0. The quantitative estimate of drug-likeness (QED) is 0.309. The van der Waals surface area contributed by atoms with E-state index in [0.29, 0.717) is 24.1 Å². The van der Waals surface area contributed by atoms with Gasteiger partial charge in [0.1, 0.15) is 0 Å². The van der Waals surface area contributed by atoms with Crippen LogP contribution in [0.4, 0.5) is 11.9 Å². The van der Waals surface area contributed by atoms with E-state index >= 15 is 0 Å². The van der Waals surface area contributed by atoms with Crippen molar-refractivity contribution in [2.45, 2.75) is 45.4 Å². The number of aliphatic hydroxyl groups is 2. The summed E-state index contributed by atoms with van der Waals surface area (Å²) in [4.78, 5) is 13.5. The van der Waals surface area contributed by atoms with E-state index in [-0.39, 0.29) is 12.5 Å². The van der Waals surface area contributed by atoms with Gasteiger partial charge in [0.2, 0.25) is 11.9 Å². The van der Waals surface area contributed by atoms with Crippen molar-refractivity contribution in [2.75, 3.05) is 17.2 Å². The number of nitrogens with one attached hydrogen (secondary N) is 2. The second-order valence-electron chi connectivity index (χ2n) is 8.30. The highest BCUT2D eigenvalue weighted by molar-refractivity contribution is 5.59. The molecule has 0 amide bonds. The van der Waals surface area contributed by atoms with Gasteiger partial charge in [0.05, 0.1) is 30.6 Å². The highest BCUT2D eigenvalue weighted by Crippen LogP contribution is 2.23. The van der Waals surface area contributed by atoms with Crippen LogP contribution in [-0.4, -0.2) is 53.5 Å². The van der Waals surface area contributed by atoms with Crippen LogP contribution >= 0.6 is 0 Å². The number of fused-ring (bicyclic) bond motifs is 1. The third-order valence-electron chi connectivity index (χ3n) is 5.48. The maximum Gasteiger partial charge on any atom is 0.229 e. The summed E-state index contributed by atoms with van der Waals surface area (Å²) in [5, 5.41) is 30.3. The van der Waals surface area contributed by atoms with Gasteiger partial charge in [-0.25, -0.2) is 0 Å². The van der Waals surface area contributed by atoms with Gasteiger partial charge >= 0.3 is 0 Å². The molecule has 0 saturated heterocycles. The SMILES string of the molecule is CC(C)c1cnn2c(NCc3ccc(-c4ccccn4)cc3)nc(NC(CO)C(C)O)nc12. The van der Waals surface area contributed by atoms with Crippen molar-refractivity contribution >= 4 is 17.5 Å². The van der Waals surface area contributed by atoms with E-state index in [1.807, 2.05) is 42.5 Å². The summed E-state index contributed by atoms with van der Waals surface area (Å²) in [7, 11) is 0. The normalized spacial score (nSPS) is 13.3. The lowest BCUT2D eigenvalue weighted by Gasteiger charge is -2.19. The molecule has 4 aromatic rings. The number of rotatable bonds is 9. The predicted octanol–water partition coefficient (Wildman–Crippen LogP) is 3.08. The summed E-state index contributed by atoms with van der Waals surface area (Å²) in [5.74, 6) is 1.06. The first-order valence-corrected chi connectivity index (χ1v) is 11.0. The van der Waals surface area contributed by atoms with Gasteiger partial charge in [0.15, 0.2) is 5.65 Å². The largest absolute Gasteiger partial charge is 0.394 e. The summed E-state index contributed by atoms with van der Waals surface area (Å²) < 4.78 is 1.68. The van der Waals surface area contributed by atoms with E-state index in [1.165, 1.54) is 0 Å². The van der Waals surface area contributed by atoms with Crippen LogP contribution in [0.5, 0.6) is 0 Å². The molecule has 0 fully saturated rings. The second kappa shape index (κ2) is 9.93. The molecular weight excluding hydrogens is 418 g/mol. The molecule has 0 aliphatic carbocycles. The number of pyridine rings is 1. The molecule has 9 heteroatoms. The molecular formula is C24H29N7O2. The Bertz CT molecular complexity index is 1190. The van der Waals surface area contributed by atoms with Crippen LogP contribution in [0.15, 0.2) is 54.9 Å².